The molecule has 1 aromatic heterocycles. The van der Waals surface area contributed by atoms with E-state index in [9.17, 15) is 4.79 Å². The number of aromatic nitrogens is 1. The van der Waals surface area contributed by atoms with Crippen molar-refractivity contribution < 1.29 is 9.53 Å². The number of nitrogens with zero attached hydrogens (tertiary/aromatic N) is 2. The fraction of sp³-hybridized carbons (Fsp3) is 0.500. The van der Waals surface area contributed by atoms with Crippen LogP contribution in [0.3, 0.4) is 0 Å². The van der Waals surface area contributed by atoms with Crippen LogP contribution < -0.4 is 0 Å². The van der Waals surface area contributed by atoms with E-state index in [0.717, 1.165) is 30.8 Å². The van der Waals surface area contributed by atoms with Gasteiger partial charge in [0.25, 0.3) is 0 Å². The molecule has 4 heteroatoms. The molecule has 1 atom stereocenters. The van der Waals surface area contributed by atoms with Gasteiger partial charge < -0.3 is 4.74 Å². The molecule has 1 aromatic rings. The molecule has 1 fully saturated rings. The first-order chi connectivity index (χ1) is 7.72. The Labute approximate surface area is 95.2 Å². The molecular weight excluding hydrogens is 204 g/mol. The molecule has 4 nitrogen and oxygen atoms in total. The number of hydrogen-bond donors (Lipinski definition) is 0. The minimum absolute atomic E-state index is 0.0774. The van der Waals surface area contributed by atoms with Crippen molar-refractivity contribution in [1.29, 1.82) is 0 Å². The highest BCUT2D eigenvalue weighted by Crippen LogP contribution is 2.21. The first-order valence-electron chi connectivity index (χ1n) is 5.44. The number of methoxy groups -OCH3 is 1. The Hall–Kier alpha value is -1.42. The van der Waals surface area contributed by atoms with Gasteiger partial charge in [-0.25, -0.2) is 0 Å². The van der Waals surface area contributed by atoms with Gasteiger partial charge in [0, 0.05) is 19.3 Å². The molecule has 0 bridgehead atoms. The lowest BCUT2D eigenvalue weighted by Gasteiger charge is -2.38. The maximum Gasteiger partial charge on any atom is 0.323 e. The van der Waals surface area contributed by atoms with E-state index < -0.39 is 0 Å². The van der Waals surface area contributed by atoms with Crippen LogP contribution in [0.2, 0.25) is 0 Å². The molecule has 1 unspecified atom stereocenters. The van der Waals surface area contributed by atoms with Crippen LogP contribution >= 0.6 is 0 Å². The van der Waals surface area contributed by atoms with E-state index >= 15 is 0 Å². The maximum absolute atomic E-state index is 11.4. The number of aryl methyl sites for hydroxylation is 1. The Morgan fingerprint density at radius 2 is 2.50 bits per heavy atom. The van der Waals surface area contributed by atoms with Gasteiger partial charge in [0.1, 0.15) is 6.04 Å². The minimum atomic E-state index is -0.139. The van der Waals surface area contributed by atoms with E-state index in [4.69, 9.17) is 4.74 Å². The summed E-state index contributed by atoms with van der Waals surface area (Å²) < 4.78 is 4.75. The van der Waals surface area contributed by atoms with Crippen LogP contribution in [0.4, 0.5) is 0 Å². The molecule has 1 saturated heterocycles. The van der Waals surface area contributed by atoms with Crippen LogP contribution in [0, 0.1) is 6.92 Å². The third-order valence-electron chi connectivity index (χ3n) is 3.07. The van der Waals surface area contributed by atoms with Gasteiger partial charge in [0.2, 0.25) is 0 Å². The second-order valence-electron chi connectivity index (χ2n) is 4.07. The van der Waals surface area contributed by atoms with Crippen LogP contribution in [0.1, 0.15) is 17.7 Å². The van der Waals surface area contributed by atoms with Crippen LogP contribution in [-0.4, -0.2) is 35.5 Å². The number of rotatable bonds is 3. The molecule has 0 saturated carbocycles. The fourth-order valence-electron chi connectivity index (χ4n) is 1.91. The van der Waals surface area contributed by atoms with E-state index in [1.54, 1.807) is 6.20 Å². The SMILES string of the molecule is COC(=O)C1CCN1Cc1ncccc1C. The molecule has 0 N–H and O–H groups in total. The normalized spacial score (nSPS) is 20.2. The molecule has 0 amide bonds. The average molecular weight is 220 g/mol. The Morgan fingerprint density at radius 3 is 3.06 bits per heavy atom. The number of likely N-dealkylation sites (tertiary alicyclic amines) is 1. The average Bonchev–Trinajstić information content (AvgIpc) is 2.26. The van der Waals surface area contributed by atoms with E-state index in [-0.39, 0.29) is 12.0 Å². The number of ether oxygens (including phenoxy) is 1. The smallest absolute Gasteiger partial charge is 0.323 e. The van der Waals surface area contributed by atoms with Gasteiger partial charge >= 0.3 is 5.97 Å². The van der Waals surface area contributed by atoms with Crippen molar-refractivity contribution in [2.75, 3.05) is 13.7 Å². The molecule has 0 radical (unpaired) electrons. The molecule has 0 aliphatic carbocycles. The summed E-state index contributed by atoms with van der Waals surface area (Å²) >= 11 is 0. The number of hydrogen-bond acceptors (Lipinski definition) is 4. The molecule has 1 aliphatic heterocycles. The quantitative estimate of drug-likeness (QED) is 0.716. The van der Waals surface area contributed by atoms with Crippen molar-refractivity contribution in [1.82, 2.24) is 9.88 Å². The van der Waals surface area contributed by atoms with Crippen molar-refractivity contribution >= 4 is 5.97 Å². The number of carbonyl (C=O) groups is 1. The molecule has 16 heavy (non-hydrogen) atoms. The summed E-state index contributed by atoms with van der Waals surface area (Å²) in [6, 6.07) is 3.88. The maximum atomic E-state index is 11.4. The van der Waals surface area contributed by atoms with E-state index in [1.807, 2.05) is 19.1 Å². The zero-order chi connectivity index (χ0) is 11.5. The van der Waals surface area contributed by atoms with E-state index in [1.165, 1.54) is 7.11 Å². The van der Waals surface area contributed by atoms with Crippen LogP contribution in [0.15, 0.2) is 18.3 Å². The van der Waals surface area contributed by atoms with Crippen molar-refractivity contribution in [3.63, 3.8) is 0 Å². The number of carbonyl (C=O) groups excluding carboxylic acids is 1. The zero-order valence-corrected chi connectivity index (χ0v) is 9.64. The second-order valence-corrected chi connectivity index (χ2v) is 4.07. The Bertz CT molecular complexity index is 392. The highest BCUT2D eigenvalue weighted by molar-refractivity contribution is 5.76. The molecule has 0 spiro atoms. The van der Waals surface area contributed by atoms with Crippen molar-refractivity contribution in [3.8, 4) is 0 Å². The predicted octanol–water partition coefficient (Wildman–Crippen LogP) is 1.14. The second kappa shape index (κ2) is 4.61. The predicted molar refractivity (Wildman–Crippen MR) is 59.8 cm³/mol. The van der Waals surface area contributed by atoms with E-state index in [2.05, 4.69) is 9.88 Å². The van der Waals surface area contributed by atoms with Gasteiger partial charge in [0.15, 0.2) is 0 Å². The summed E-state index contributed by atoms with van der Waals surface area (Å²) in [7, 11) is 1.44. The summed E-state index contributed by atoms with van der Waals surface area (Å²) in [5.74, 6) is -0.139. The standard InChI is InChI=1S/C12H16N2O2/c1-9-4-3-6-13-10(9)8-14-7-5-11(14)12(15)16-2/h3-4,6,11H,5,7-8H2,1-2H3. The van der Waals surface area contributed by atoms with E-state index in [0.29, 0.717) is 0 Å². The van der Waals surface area contributed by atoms with Gasteiger partial charge in [-0.15, -0.1) is 0 Å². The van der Waals surface area contributed by atoms with Crippen LogP contribution in [0.25, 0.3) is 0 Å². The highest BCUT2D eigenvalue weighted by atomic mass is 16.5. The Balaban J connectivity index is 2.01. The molecule has 1 aliphatic rings. The molecule has 0 aromatic carbocycles. The summed E-state index contributed by atoms with van der Waals surface area (Å²) in [5.41, 5.74) is 2.20. The molecule has 2 heterocycles. The summed E-state index contributed by atoms with van der Waals surface area (Å²) in [6.07, 6.45) is 2.67. The Kier molecular flexibility index (Phi) is 3.19. The van der Waals surface area contributed by atoms with Crippen LogP contribution in [0.5, 0.6) is 0 Å². The minimum Gasteiger partial charge on any atom is -0.468 e. The Morgan fingerprint density at radius 1 is 1.69 bits per heavy atom. The topological polar surface area (TPSA) is 42.4 Å². The van der Waals surface area contributed by atoms with Crippen LogP contribution in [-0.2, 0) is 16.1 Å². The first-order valence-corrected chi connectivity index (χ1v) is 5.44. The summed E-state index contributed by atoms with van der Waals surface area (Å²) in [5, 5.41) is 0. The molecular formula is C12H16N2O2. The van der Waals surface area contributed by atoms with Crippen molar-refractivity contribution in [3.05, 3.63) is 29.6 Å². The molecule has 2 rings (SSSR count). The number of esters is 1. The van der Waals surface area contributed by atoms with Gasteiger partial charge in [-0.1, -0.05) is 6.07 Å². The summed E-state index contributed by atoms with van der Waals surface area (Å²) in [6.45, 7) is 3.71. The molecule has 86 valence electrons. The number of pyridine rings is 1. The zero-order valence-electron chi connectivity index (χ0n) is 9.64. The third-order valence-corrected chi connectivity index (χ3v) is 3.07. The van der Waals surface area contributed by atoms with Gasteiger partial charge in [-0.2, -0.15) is 0 Å². The lowest BCUT2D eigenvalue weighted by atomic mass is 10.0. The van der Waals surface area contributed by atoms with Gasteiger partial charge in [0.05, 0.1) is 12.8 Å². The largest absolute Gasteiger partial charge is 0.468 e. The lowest BCUT2D eigenvalue weighted by Crippen LogP contribution is -2.52. The fourth-order valence-corrected chi connectivity index (χ4v) is 1.91. The van der Waals surface area contributed by atoms with Crippen molar-refractivity contribution in [2.45, 2.75) is 25.9 Å². The first kappa shape index (κ1) is 11.1. The third kappa shape index (κ3) is 2.07. The summed E-state index contributed by atoms with van der Waals surface area (Å²) in [4.78, 5) is 17.8. The lowest BCUT2D eigenvalue weighted by molar-refractivity contribution is -0.152. The highest BCUT2D eigenvalue weighted by Gasteiger charge is 2.35. The van der Waals surface area contributed by atoms with Gasteiger partial charge in [-0.05, 0) is 25.0 Å². The monoisotopic (exact) mass is 220 g/mol. The van der Waals surface area contributed by atoms with Gasteiger partial charge in [-0.3, -0.25) is 14.7 Å². The van der Waals surface area contributed by atoms with Crippen molar-refractivity contribution in [2.24, 2.45) is 0 Å².